The highest BCUT2D eigenvalue weighted by molar-refractivity contribution is 5.79. The predicted octanol–water partition coefficient (Wildman–Crippen LogP) is -2.99. The zero-order chi connectivity index (χ0) is 38.0. The van der Waals surface area contributed by atoms with Crippen LogP contribution in [0.25, 0.3) is 11.1 Å². The van der Waals surface area contributed by atoms with Crippen molar-refractivity contribution in [3.63, 3.8) is 0 Å². The molecule has 0 unspecified atom stereocenters. The Morgan fingerprint density at radius 1 is 0.962 bits per heavy atom. The topological polar surface area (TPSA) is 274 Å². The first-order valence-electron chi connectivity index (χ1n) is 16.5. The van der Waals surface area contributed by atoms with Crippen LogP contribution < -0.4 is 10.6 Å². The second-order valence-corrected chi connectivity index (χ2v) is 12.4. The number of terminal acetylenes is 1. The van der Waals surface area contributed by atoms with Gasteiger partial charge in [0.15, 0.2) is 6.29 Å². The molecule has 0 saturated carbocycles. The van der Waals surface area contributed by atoms with E-state index in [1.165, 1.54) is 0 Å². The van der Waals surface area contributed by atoms with Gasteiger partial charge in [-0.2, -0.15) is 0 Å². The molecule has 0 radical (unpaired) electrons. The molecule has 10 N–H and O–H groups in total. The largest absolute Gasteiger partial charge is 0.477 e. The fourth-order valence-corrected chi connectivity index (χ4v) is 5.84. The van der Waals surface area contributed by atoms with Crippen molar-refractivity contribution >= 4 is 17.8 Å². The van der Waals surface area contributed by atoms with Gasteiger partial charge in [-0.05, 0) is 16.7 Å². The summed E-state index contributed by atoms with van der Waals surface area (Å²) in [5.41, 5.74) is 2.58. The number of ether oxygens (including phenoxy) is 4. The van der Waals surface area contributed by atoms with Crippen molar-refractivity contribution in [3.05, 3.63) is 60.2 Å². The maximum atomic E-state index is 12.7. The van der Waals surface area contributed by atoms with Crippen molar-refractivity contribution in [1.82, 2.24) is 10.6 Å². The van der Waals surface area contributed by atoms with Crippen molar-refractivity contribution in [2.24, 2.45) is 0 Å². The standard InChI is InChI=1S/C35H44N2O15/c1-2-3-13-49-33-31(46)30(45)29(44)24(51-33)18-50-35(34(47)48)15-22(39)27(37-26(42)17-38)32(52-35)28(43)23(40)16-36-25(41)14-19-9-11-21(12-10-19)20-7-5-4-6-8-20/h1,4-12,22-24,27-33,38-40,43-46H,3,13-18H2,(H,36,41)(H,37,42)(H,47,48)/t22-,23+,24+,27+,28+,29-,30-,31+,32+,33+,35-/m0/s1. The number of carbonyl (C=O) groups excluding carboxylic acids is 2. The summed E-state index contributed by atoms with van der Waals surface area (Å²) in [6.07, 6.45) is -11.7. The van der Waals surface area contributed by atoms with E-state index in [0.717, 1.165) is 11.1 Å². The zero-order valence-corrected chi connectivity index (χ0v) is 27.9. The Morgan fingerprint density at radius 2 is 1.63 bits per heavy atom. The van der Waals surface area contributed by atoms with Crippen LogP contribution >= 0.6 is 0 Å². The molecule has 17 heteroatoms. The van der Waals surface area contributed by atoms with E-state index in [9.17, 15) is 55.2 Å². The van der Waals surface area contributed by atoms with E-state index in [0.29, 0.717) is 5.56 Å². The molecular formula is C35H44N2O15. The first-order valence-corrected chi connectivity index (χ1v) is 16.5. The molecule has 2 aromatic carbocycles. The number of aliphatic hydroxyl groups is 7. The molecule has 2 amide bonds. The van der Waals surface area contributed by atoms with Crippen LogP contribution in [-0.2, 0) is 39.8 Å². The number of hydrogen-bond acceptors (Lipinski definition) is 14. The van der Waals surface area contributed by atoms with E-state index in [1.807, 2.05) is 42.5 Å². The molecule has 2 saturated heterocycles. The van der Waals surface area contributed by atoms with Crippen molar-refractivity contribution in [2.45, 2.75) is 86.2 Å². The van der Waals surface area contributed by atoms with Crippen LogP contribution in [0.1, 0.15) is 18.4 Å². The Balaban J connectivity index is 1.44. The Morgan fingerprint density at radius 3 is 2.27 bits per heavy atom. The number of hydrogen-bond donors (Lipinski definition) is 10. The minimum absolute atomic E-state index is 0.0850. The highest BCUT2D eigenvalue weighted by atomic mass is 16.7. The third kappa shape index (κ3) is 10.1. The lowest BCUT2D eigenvalue weighted by molar-refractivity contribution is -0.338. The average Bonchev–Trinajstić information content (AvgIpc) is 3.14. The lowest BCUT2D eigenvalue weighted by atomic mass is 9.88. The van der Waals surface area contributed by atoms with Gasteiger partial charge in [0.25, 0.3) is 5.79 Å². The summed E-state index contributed by atoms with van der Waals surface area (Å²) in [7, 11) is 0. The van der Waals surface area contributed by atoms with E-state index in [2.05, 4.69) is 16.6 Å². The van der Waals surface area contributed by atoms with Gasteiger partial charge in [0.1, 0.15) is 43.2 Å². The maximum Gasteiger partial charge on any atom is 0.364 e. The second-order valence-electron chi connectivity index (χ2n) is 12.4. The van der Waals surface area contributed by atoms with Crippen LogP contribution in [0.3, 0.4) is 0 Å². The molecule has 11 atom stereocenters. The molecule has 2 fully saturated rings. The van der Waals surface area contributed by atoms with Crippen LogP contribution in [0.15, 0.2) is 54.6 Å². The molecule has 2 aromatic rings. The van der Waals surface area contributed by atoms with E-state index < -0.39 is 111 Å². The third-order valence-electron chi connectivity index (χ3n) is 8.71. The molecule has 52 heavy (non-hydrogen) atoms. The summed E-state index contributed by atoms with van der Waals surface area (Å²) in [5, 5.41) is 88.4. The van der Waals surface area contributed by atoms with Gasteiger partial charge in [0, 0.05) is 19.4 Å². The van der Waals surface area contributed by atoms with Crippen molar-refractivity contribution in [2.75, 3.05) is 26.4 Å². The molecule has 0 aliphatic carbocycles. The van der Waals surface area contributed by atoms with Crippen molar-refractivity contribution < 1.29 is 74.2 Å². The number of rotatable bonds is 16. The molecule has 0 bridgehead atoms. The monoisotopic (exact) mass is 732 g/mol. The quantitative estimate of drug-likeness (QED) is 0.0609. The van der Waals surface area contributed by atoms with Gasteiger partial charge in [-0.3, -0.25) is 9.59 Å². The van der Waals surface area contributed by atoms with E-state index in [-0.39, 0.29) is 19.4 Å². The van der Waals surface area contributed by atoms with Crippen LogP contribution in [0.4, 0.5) is 0 Å². The Bertz CT molecular complexity index is 1520. The summed E-state index contributed by atoms with van der Waals surface area (Å²) in [5.74, 6) is -3.88. The fourth-order valence-electron chi connectivity index (χ4n) is 5.84. The molecule has 2 heterocycles. The molecule has 2 aliphatic rings. The molecule has 2 aliphatic heterocycles. The summed E-state index contributed by atoms with van der Waals surface area (Å²) in [6.45, 7) is -2.54. The Hall–Kier alpha value is -4.03. The van der Waals surface area contributed by atoms with E-state index in [1.54, 1.807) is 12.1 Å². The average molecular weight is 733 g/mol. The fraction of sp³-hybridized carbons (Fsp3) is 0.514. The number of nitrogens with one attached hydrogen (secondary N) is 2. The van der Waals surface area contributed by atoms with Crippen LogP contribution in [-0.4, -0.2) is 152 Å². The van der Waals surface area contributed by atoms with Gasteiger partial charge in [-0.25, -0.2) is 4.79 Å². The third-order valence-corrected chi connectivity index (χ3v) is 8.71. The minimum atomic E-state index is -2.80. The van der Waals surface area contributed by atoms with Gasteiger partial charge in [-0.15, -0.1) is 12.3 Å². The SMILES string of the molecule is C#CCCO[C@@H]1O[C@H](CO[C@@]2(C(=O)O)C[C@H](O)[C@@H](NC(=O)CO)[C@H]([C@H](O)[C@H](O)CNC(=O)Cc3ccc(-c4ccccc4)cc3)O2)[C@H](O)[C@H](O)[C@H]1O. The highest BCUT2D eigenvalue weighted by Crippen LogP contribution is 2.35. The van der Waals surface area contributed by atoms with Gasteiger partial charge in [0.2, 0.25) is 11.8 Å². The Kier molecular flexibility index (Phi) is 14.6. The lowest BCUT2D eigenvalue weighted by Crippen LogP contribution is -2.69. The summed E-state index contributed by atoms with van der Waals surface area (Å²) in [6, 6.07) is 15.2. The normalized spacial score (nSPS) is 30.0. The molecule has 0 aromatic heterocycles. The Labute approximate surface area is 298 Å². The first kappa shape index (κ1) is 40.7. The minimum Gasteiger partial charge on any atom is -0.477 e. The number of aliphatic hydroxyl groups excluding tert-OH is 7. The zero-order valence-electron chi connectivity index (χ0n) is 27.9. The van der Waals surface area contributed by atoms with Gasteiger partial charge < -0.3 is 70.4 Å². The number of benzene rings is 2. The van der Waals surface area contributed by atoms with Crippen molar-refractivity contribution in [1.29, 1.82) is 0 Å². The number of amides is 2. The van der Waals surface area contributed by atoms with Gasteiger partial charge in [-0.1, -0.05) is 54.6 Å². The second kappa shape index (κ2) is 18.6. The van der Waals surface area contributed by atoms with Crippen LogP contribution in [0.5, 0.6) is 0 Å². The summed E-state index contributed by atoms with van der Waals surface area (Å²) >= 11 is 0. The predicted molar refractivity (Wildman–Crippen MR) is 178 cm³/mol. The summed E-state index contributed by atoms with van der Waals surface area (Å²) < 4.78 is 22.0. The number of carboxylic acids is 1. The highest BCUT2D eigenvalue weighted by Gasteiger charge is 2.57. The number of aliphatic carboxylic acids is 1. The lowest BCUT2D eigenvalue weighted by Gasteiger charge is -2.47. The van der Waals surface area contributed by atoms with E-state index in [4.69, 9.17) is 25.4 Å². The number of carboxylic acid groups (broad SMARTS) is 1. The molecular weight excluding hydrogens is 688 g/mol. The first-order chi connectivity index (χ1) is 24.8. The molecule has 284 valence electrons. The van der Waals surface area contributed by atoms with E-state index >= 15 is 0 Å². The molecule has 0 spiro atoms. The van der Waals surface area contributed by atoms with Gasteiger partial charge >= 0.3 is 5.97 Å². The number of carbonyl (C=O) groups is 3. The van der Waals surface area contributed by atoms with Gasteiger partial charge in [0.05, 0.1) is 37.9 Å². The smallest absolute Gasteiger partial charge is 0.364 e. The van der Waals surface area contributed by atoms with Crippen LogP contribution in [0.2, 0.25) is 0 Å². The van der Waals surface area contributed by atoms with Crippen molar-refractivity contribution in [3.8, 4) is 23.5 Å². The maximum absolute atomic E-state index is 12.7. The van der Waals surface area contributed by atoms with Crippen LogP contribution in [0, 0.1) is 12.3 Å². The summed E-state index contributed by atoms with van der Waals surface area (Å²) in [4.78, 5) is 37.5. The molecule has 17 nitrogen and oxygen atoms in total. The molecule has 4 rings (SSSR count).